The zero-order valence-corrected chi connectivity index (χ0v) is 6.56. The Labute approximate surface area is 70.2 Å². The van der Waals surface area contributed by atoms with E-state index in [-0.39, 0.29) is 11.7 Å². The van der Waals surface area contributed by atoms with Gasteiger partial charge in [-0.3, -0.25) is 4.79 Å². The highest BCUT2D eigenvalue weighted by Crippen LogP contribution is 2.32. The van der Waals surface area contributed by atoms with Crippen LogP contribution in [-0.2, 0) is 0 Å². The minimum atomic E-state index is 0.176. The summed E-state index contributed by atoms with van der Waals surface area (Å²) in [6, 6.07) is 3.15. The minimum Gasteiger partial charge on any atom is -0.619 e. The fraction of sp³-hybridized carbons (Fsp3) is 0.333. The van der Waals surface area contributed by atoms with Crippen molar-refractivity contribution >= 4 is 5.78 Å². The molecule has 0 bridgehead atoms. The average molecular weight is 163 g/mol. The average Bonchev–Trinajstić information content (AvgIpc) is 2.87. The van der Waals surface area contributed by atoms with Gasteiger partial charge in [0.25, 0.3) is 0 Å². The lowest BCUT2D eigenvalue weighted by molar-refractivity contribution is -0.605. The van der Waals surface area contributed by atoms with E-state index in [2.05, 4.69) is 0 Å². The summed E-state index contributed by atoms with van der Waals surface area (Å²) in [7, 11) is 0. The molecule has 0 N–H and O–H groups in total. The van der Waals surface area contributed by atoms with Crippen molar-refractivity contribution in [2.75, 3.05) is 0 Å². The third kappa shape index (κ3) is 1.30. The number of hydrogen-bond acceptors (Lipinski definition) is 2. The Kier molecular flexibility index (Phi) is 1.57. The van der Waals surface area contributed by atoms with Crippen molar-refractivity contribution in [3.63, 3.8) is 0 Å². The summed E-state index contributed by atoms with van der Waals surface area (Å²) in [5, 5.41) is 10.6. The second kappa shape index (κ2) is 2.59. The van der Waals surface area contributed by atoms with Crippen LogP contribution in [0.25, 0.3) is 0 Å². The molecule has 0 unspecified atom stereocenters. The van der Waals surface area contributed by atoms with Crippen molar-refractivity contribution in [3.8, 4) is 0 Å². The highest BCUT2D eigenvalue weighted by molar-refractivity contribution is 5.99. The van der Waals surface area contributed by atoms with E-state index < -0.39 is 0 Å². The van der Waals surface area contributed by atoms with E-state index in [1.54, 1.807) is 12.1 Å². The van der Waals surface area contributed by atoms with E-state index in [4.69, 9.17) is 0 Å². The van der Waals surface area contributed by atoms with Crippen molar-refractivity contribution in [3.05, 3.63) is 35.3 Å². The van der Waals surface area contributed by atoms with Gasteiger partial charge in [0.2, 0.25) is 0 Å². The topological polar surface area (TPSA) is 44.0 Å². The highest BCUT2D eigenvalue weighted by atomic mass is 16.5. The largest absolute Gasteiger partial charge is 0.619 e. The van der Waals surface area contributed by atoms with Crippen LogP contribution in [-0.4, -0.2) is 5.78 Å². The van der Waals surface area contributed by atoms with E-state index in [0.29, 0.717) is 10.3 Å². The molecule has 0 amide bonds. The van der Waals surface area contributed by atoms with Crippen molar-refractivity contribution in [1.29, 1.82) is 0 Å². The molecule has 0 atom stereocenters. The second-order valence-electron chi connectivity index (χ2n) is 3.09. The van der Waals surface area contributed by atoms with E-state index in [1.165, 1.54) is 12.4 Å². The van der Waals surface area contributed by atoms with Crippen LogP contribution in [0.3, 0.4) is 0 Å². The molecule has 1 aromatic heterocycles. The molecule has 1 heterocycles. The van der Waals surface area contributed by atoms with E-state index in [9.17, 15) is 10.0 Å². The first-order valence-corrected chi connectivity index (χ1v) is 4.00. The van der Waals surface area contributed by atoms with Crippen LogP contribution in [0, 0.1) is 11.1 Å². The summed E-state index contributed by atoms with van der Waals surface area (Å²) in [6.45, 7) is 0. The quantitative estimate of drug-likeness (QED) is 0.369. The second-order valence-corrected chi connectivity index (χ2v) is 3.09. The van der Waals surface area contributed by atoms with Gasteiger partial charge in [0.15, 0.2) is 18.2 Å². The van der Waals surface area contributed by atoms with Crippen LogP contribution >= 0.6 is 0 Å². The Morgan fingerprint density at radius 1 is 1.42 bits per heavy atom. The standard InChI is InChI=1S/C9H9NO2/c11-9(7-1-2-7)8-3-5-10(12)6-4-8/h3-7H,1-2H2. The van der Waals surface area contributed by atoms with Crippen molar-refractivity contribution in [2.24, 2.45) is 5.92 Å². The minimum absolute atomic E-state index is 0.176. The first kappa shape index (κ1) is 7.28. The predicted octanol–water partition coefficient (Wildman–Crippen LogP) is 0.913. The molecule has 0 aromatic carbocycles. The lowest BCUT2D eigenvalue weighted by atomic mass is 10.1. The number of aromatic nitrogens is 1. The Balaban J connectivity index is 2.22. The maximum Gasteiger partial charge on any atom is 0.181 e. The van der Waals surface area contributed by atoms with Crippen molar-refractivity contribution < 1.29 is 9.52 Å². The lowest BCUT2D eigenvalue weighted by Gasteiger charge is -1.97. The van der Waals surface area contributed by atoms with Gasteiger partial charge >= 0.3 is 0 Å². The molecule has 1 aromatic rings. The number of hydrogen-bond donors (Lipinski definition) is 0. The first-order chi connectivity index (χ1) is 5.77. The number of carbonyl (C=O) groups is 1. The third-order valence-electron chi connectivity index (χ3n) is 2.03. The van der Waals surface area contributed by atoms with Gasteiger partial charge in [-0.25, -0.2) is 0 Å². The van der Waals surface area contributed by atoms with Crippen LogP contribution in [0.15, 0.2) is 24.5 Å². The number of Topliss-reactive ketones (excluding diaryl/α,β-unsaturated/α-hetero) is 1. The molecule has 0 radical (unpaired) electrons. The van der Waals surface area contributed by atoms with Crippen LogP contribution in [0.5, 0.6) is 0 Å². The maximum absolute atomic E-state index is 11.4. The van der Waals surface area contributed by atoms with Gasteiger partial charge in [-0.2, -0.15) is 4.73 Å². The van der Waals surface area contributed by atoms with Crippen LogP contribution in [0.1, 0.15) is 23.2 Å². The summed E-state index contributed by atoms with van der Waals surface area (Å²) in [4.78, 5) is 11.4. The molecule has 1 saturated carbocycles. The fourth-order valence-electron chi connectivity index (χ4n) is 1.16. The Bertz CT molecular complexity index is 301. The van der Waals surface area contributed by atoms with Crippen molar-refractivity contribution in [2.45, 2.75) is 12.8 Å². The summed E-state index contributed by atoms with van der Waals surface area (Å²) in [6.07, 6.45) is 4.72. The number of nitrogens with zero attached hydrogens (tertiary/aromatic N) is 1. The Morgan fingerprint density at radius 2 is 2.00 bits per heavy atom. The van der Waals surface area contributed by atoms with Crippen LogP contribution in [0.2, 0.25) is 0 Å². The van der Waals surface area contributed by atoms with E-state index in [1.807, 2.05) is 0 Å². The molecule has 12 heavy (non-hydrogen) atoms. The van der Waals surface area contributed by atoms with Crippen molar-refractivity contribution in [1.82, 2.24) is 0 Å². The monoisotopic (exact) mass is 163 g/mol. The molecule has 0 saturated heterocycles. The Morgan fingerprint density at radius 3 is 2.50 bits per heavy atom. The SMILES string of the molecule is O=C(c1cc[n+]([O-])cc1)C1CC1. The highest BCUT2D eigenvalue weighted by Gasteiger charge is 2.30. The number of pyridine rings is 1. The number of ketones is 1. The zero-order chi connectivity index (χ0) is 8.55. The van der Waals surface area contributed by atoms with E-state index in [0.717, 1.165) is 12.8 Å². The van der Waals surface area contributed by atoms with Gasteiger partial charge in [0, 0.05) is 23.6 Å². The molecule has 1 aliphatic rings. The summed E-state index contributed by atoms with van der Waals surface area (Å²) >= 11 is 0. The summed E-state index contributed by atoms with van der Waals surface area (Å²) < 4.78 is 0.684. The molecular formula is C9H9NO2. The van der Waals surface area contributed by atoms with Gasteiger partial charge < -0.3 is 5.21 Å². The smallest absolute Gasteiger partial charge is 0.181 e. The molecule has 0 spiro atoms. The van der Waals surface area contributed by atoms with Gasteiger partial charge in [-0.15, -0.1) is 0 Å². The first-order valence-electron chi connectivity index (χ1n) is 4.00. The number of carbonyl (C=O) groups excluding carboxylic acids is 1. The van der Waals surface area contributed by atoms with Gasteiger partial charge in [0.1, 0.15) is 0 Å². The molecule has 3 nitrogen and oxygen atoms in total. The normalized spacial score (nSPS) is 16.0. The van der Waals surface area contributed by atoms with Gasteiger partial charge in [0.05, 0.1) is 0 Å². The van der Waals surface area contributed by atoms with Crippen LogP contribution < -0.4 is 4.73 Å². The number of rotatable bonds is 2. The Hall–Kier alpha value is -1.38. The molecule has 62 valence electrons. The summed E-state index contributed by atoms with van der Waals surface area (Å²) in [5.74, 6) is 0.406. The predicted molar refractivity (Wildman–Crippen MR) is 42.5 cm³/mol. The maximum atomic E-state index is 11.4. The van der Waals surface area contributed by atoms with Gasteiger partial charge in [-0.05, 0) is 12.8 Å². The molecular weight excluding hydrogens is 154 g/mol. The fourth-order valence-corrected chi connectivity index (χ4v) is 1.16. The summed E-state index contributed by atoms with van der Waals surface area (Å²) in [5.41, 5.74) is 0.657. The molecule has 1 fully saturated rings. The zero-order valence-electron chi connectivity index (χ0n) is 6.56. The van der Waals surface area contributed by atoms with Gasteiger partial charge in [-0.1, -0.05) is 0 Å². The molecule has 1 aliphatic carbocycles. The molecule has 0 aliphatic heterocycles. The van der Waals surface area contributed by atoms with Crippen LogP contribution in [0.4, 0.5) is 0 Å². The lowest BCUT2D eigenvalue weighted by Crippen LogP contribution is -2.24. The molecule has 3 heteroatoms. The molecule has 2 rings (SSSR count). The van der Waals surface area contributed by atoms with E-state index >= 15 is 0 Å². The third-order valence-corrected chi connectivity index (χ3v) is 2.03.